The highest BCUT2D eigenvalue weighted by molar-refractivity contribution is 7.93. The van der Waals surface area contributed by atoms with Crippen molar-refractivity contribution in [3.8, 4) is 0 Å². The minimum atomic E-state index is -3.69. The van der Waals surface area contributed by atoms with Crippen molar-refractivity contribution in [1.82, 2.24) is 15.6 Å². The molecular formula is C22H21N3O4S3. The van der Waals surface area contributed by atoms with Crippen LogP contribution in [0.3, 0.4) is 0 Å². The van der Waals surface area contributed by atoms with Crippen LogP contribution in [0.15, 0.2) is 69.7 Å². The topological polar surface area (TPSA) is 108 Å². The predicted molar refractivity (Wildman–Crippen MR) is 127 cm³/mol. The first-order valence-corrected chi connectivity index (χ1v) is 13.2. The maximum absolute atomic E-state index is 13.0. The molecule has 166 valence electrons. The van der Waals surface area contributed by atoms with Crippen molar-refractivity contribution in [3.63, 3.8) is 0 Å². The van der Waals surface area contributed by atoms with E-state index in [1.807, 2.05) is 30.5 Å². The van der Waals surface area contributed by atoms with Gasteiger partial charge in [-0.05, 0) is 40.9 Å². The van der Waals surface area contributed by atoms with E-state index in [0.717, 1.165) is 27.8 Å². The molecule has 0 fully saturated rings. The summed E-state index contributed by atoms with van der Waals surface area (Å²) in [6.45, 7) is 0.103. The number of para-hydroxylation sites is 1. The molecule has 0 aliphatic rings. The molecule has 0 unspecified atom stereocenters. The number of H-pyrrole nitrogens is 1. The number of hydrogen-bond donors (Lipinski definition) is 3. The van der Waals surface area contributed by atoms with Crippen LogP contribution in [0, 0.1) is 0 Å². The highest BCUT2D eigenvalue weighted by Gasteiger charge is 2.31. The molecule has 2 amide bonds. The molecule has 4 rings (SSSR count). The van der Waals surface area contributed by atoms with Crippen LogP contribution in [-0.2, 0) is 25.8 Å². The van der Waals surface area contributed by atoms with Gasteiger partial charge in [-0.15, -0.1) is 22.7 Å². The molecule has 0 aliphatic heterocycles. The van der Waals surface area contributed by atoms with Gasteiger partial charge in [0.25, 0.3) is 0 Å². The lowest BCUT2D eigenvalue weighted by Crippen LogP contribution is -2.42. The molecule has 7 nitrogen and oxygen atoms in total. The van der Waals surface area contributed by atoms with Crippen molar-refractivity contribution in [2.45, 2.75) is 15.9 Å². The Labute approximate surface area is 193 Å². The summed E-state index contributed by atoms with van der Waals surface area (Å²) in [5.74, 6) is -1.64. The van der Waals surface area contributed by atoms with Gasteiger partial charge >= 0.3 is 11.8 Å². The molecule has 0 radical (unpaired) electrons. The first kappa shape index (κ1) is 22.3. The summed E-state index contributed by atoms with van der Waals surface area (Å²) in [7, 11) is -3.69. The SMILES string of the molecule is O=C(NCCc1c[nH]c2ccccc12)C(=O)NC[C@@H](c1cccs1)S(=O)(=O)c1cccs1. The Kier molecular flexibility index (Phi) is 6.73. The van der Waals surface area contributed by atoms with Crippen molar-refractivity contribution in [1.29, 1.82) is 0 Å². The third kappa shape index (κ3) is 4.77. The molecule has 4 aromatic rings. The lowest BCUT2D eigenvalue weighted by Gasteiger charge is -2.16. The van der Waals surface area contributed by atoms with Crippen molar-refractivity contribution < 1.29 is 18.0 Å². The number of hydrogen-bond acceptors (Lipinski definition) is 6. The van der Waals surface area contributed by atoms with E-state index in [9.17, 15) is 18.0 Å². The zero-order valence-electron chi connectivity index (χ0n) is 16.9. The lowest BCUT2D eigenvalue weighted by molar-refractivity contribution is -0.139. The van der Waals surface area contributed by atoms with Gasteiger partial charge in [-0.3, -0.25) is 9.59 Å². The smallest absolute Gasteiger partial charge is 0.309 e. The maximum Gasteiger partial charge on any atom is 0.309 e. The van der Waals surface area contributed by atoms with Gasteiger partial charge in [0.15, 0.2) is 9.84 Å². The van der Waals surface area contributed by atoms with Gasteiger partial charge in [-0.2, -0.15) is 0 Å². The Morgan fingerprint density at radius 1 is 0.938 bits per heavy atom. The summed E-state index contributed by atoms with van der Waals surface area (Å²) in [5, 5.41) is 8.68. The zero-order chi connectivity index (χ0) is 22.6. The molecule has 32 heavy (non-hydrogen) atoms. The number of carbonyl (C=O) groups is 2. The number of aromatic amines is 1. The standard InChI is InChI=1S/C22H21N3O4S3/c26-21(23-10-9-15-13-24-17-6-2-1-5-16(15)17)22(27)25-14-19(18-7-3-11-30-18)32(28,29)20-8-4-12-31-20/h1-8,11-13,19,24H,9-10,14H2,(H,23,26)(H,25,27)/t19-/m0/s1. The van der Waals surface area contributed by atoms with Crippen LogP contribution >= 0.6 is 22.7 Å². The molecule has 1 atom stereocenters. The van der Waals surface area contributed by atoms with Gasteiger partial charge in [0.05, 0.1) is 0 Å². The third-order valence-electron chi connectivity index (χ3n) is 5.02. The minimum absolute atomic E-state index is 0.185. The van der Waals surface area contributed by atoms with Crippen LogP contribution < -0.4 is 10.6 Å². The minimum Gasteiger partial charge on any atom is -0.361 e. The zero-order valence-corrected chi connectivity index (χ0v) is 19.4. The van der Waals surface area contributed by atoms with Crippen LogP contribution in [-0.4, -0.2) is 38.3 Å². The summed E-state index contributed by atoms with van der Waals surface area (Å²) in [4.78, 5) is 28.3. The van der Waals surface area contributed by atoms with Crippen LogP contribution in [0.1, 0.15) is 15.7 Å². The fourth-order valence-corrected chi connectivity index (χ4v) is 7.39. The van der Waals surface area contributed by atoms with Crippen LogP contribution in [0.2, 0.25) is 0 Å². The highest BCUT2D eigenvalue weighted by Crippen LogP contribution is 2.33. The second-order valence-corrected chi connectivity index (χ2v) is 11.3. The monoisotopic (exact) mass is 487 g/mol. The predicted octanol–water partition coefficient (Wildman–Crippen LogP) is 3.28. The fourth-order valence-electron chi connectivity index (χ4n) is 3.40. The third-order valence-corrected chi connectivity index (χ3v) is 9.67. The van der Waals surface area contributed by atoms with Crippen LogP contribution in [0.5, 0.6) is 0 Å². The first-order valence-electron chi connectivity index (χ1n) is 9.88. The summed E-state index contributed by atoms with van der Waals surface area (Å²) in [6.07, 6.45) is 2.45. The number of sulfone groups is 1. The van der Waals surface area contributed by atoms with Crippen LogP contribution in [0.4, 0.5) is 0 Å². The fraction of sp³-hybridized carbons (Fsp3) is 0.182. The normalized spacial score (nSPS) is 12.5. The molecule has 0 spiro atoms. The average molecular weight is 488 g/mol. The highest BCUT2D eigenvalue weighted by atomic mass is 32.2. The Morgan fingerprint density at radius 2 is 1.69 bits per heavy atom. The van der Waals surface area contributed by atoms with E-state index in [4.69, 9.17) is 0 Å². The van der Waals surface area contributed by atoms with Crippen LogP contribution in [0.25, 0.3) is 10.9 Å². The lowest BCUT2D eigenvalue weighted by atomic mass is 10.1. The van der Waals surface area contributed by atoms with E-state index in [1.165, 1.54) is 11.3 Å². The summed E-state index contributed by atoms with van der Waals surface area (Å²) >= 11 is 2.43. The molecule has 3 heterocycles. The summed E-state index contributed by atoms with van der Waals surface area (Å²) < 4.78 is 26.3. The molecule has 0 saturated heterocycles. The summed E-state index contributed by atoms with van der Waals surface area (Å²) in [5.41, 5.74) is 2.05. The molecular weight excluding hydrogens is 466 g/mol. The summed E-state index contributed by atoms with van der Waals surface area (Å²) in [6, 6.07) is 14.5. The van der Waals surface area contributed by atoms with Crippen molar-refractivity contribution in [3.05, 3.63) is 75.9 Å². The Morgan fingerprint density at radius 3 is 2.44 bits per heavy atom. The Hall–Kier alpha value is -2.95. The number of nitrogens with one attached hydrogen (secondary N) is 3. The van der Waals surface area contributed by atoms with Gasteiger partial charge in [0.2, 0.25) is 0 Å². The number of benzene rings is 1. The average Bonchev–Trinajstić information content (AvgIpc) is 3.55. The van der Waals surface area contributed by atoms with Crippen molar-refractivity contribution in [2.24, 2.45) is 0 Å². The molecule has 10 heteroatoms. The molecule has 0 bridgehead atoms. The van der Waals surface area contributed by atoms with Gasteiger partial charge < -0.3 is 15.6 Å². The van der Waals surface area contributed by atoms with Crippen molar-refractivity contribution >= 4 is 55.2 Å². The number of amides is 2. The molecule has 0 aliphatic carbocycles. The van der Waals surface area contributed by atoms with Crippen molar-refractivity contribution in [2.75, 3.05) is 13.1 Å². The quantitative estimate of drug-likeness (QED) is 0.332. The Balaban J connectivity index is 1.35. The second-order valence-electron chi connectivity index (χ2n) is 7.06. The molecule has 0 saturated carbocycles. The van der Waals surface area contributed by atoms with Gasteiger partial charge in [0.1, 0.15) is 9.46 Å². The van der Waals surface area contributed by atoms with E-state index in [2.05, 4.69) is 15.6 Å². The van der Waals surface area contributed by atoms with E-state index in [0.29, 0.717) is 11.3 Å². The maximum atomic E-state index is 13.0. The number of thiophene rings is 2. The van der Waals surface area contributed by atoms with Gasteiger partial charge in [-0.1, -0.05) is 30.3 Å². The largest absolute Gasteiger partial charge is 0.361 e. The molecule has 1 aromatic carbocycles. The van der Waals surface area contributed by atoms with E-state index in [-0.39, 0.29) is 17.3 Å². The van der Waals surface area contributed by atoms with E-state index >= 15 is 0 Å². The van der Waals surface area contributed by atoms with Gasteiger partial charge in [0, 0.05) is 35.1 Å². The Bertz CT molecular complexity index is 1310. The number of fused-ring (bicyclic) bond motifs is 1. The number of carbonyl (C=O) groups excluding carboxylic acids is 2. The van der Waals surface area contributed by atoms with Gasteiger partial charge in [-0.25, -0.2) is 8.42 Å². The molecule has 3 N–H and O–H groups in total. The van der Waals surface area contributed by atoms with E-state index < -0.39 is 26.9 Å². The number of aromatic nitrogens is 1. The second kappa shape index (κ2) is 9.68. The van der Waals surface area contributed by atoms with E-state index in [1.54, 1.807) is 35.0 Å². The number of rotatable bonds is 8. The molecule has 3 aromatic heterocycles. The first-order chi connectivity index (χ1) is 15.5.